The Hall–Kier alpha value is -2.89. The summed E-state index contributed by atoms with van der Waals surface area (Å²) in [6.07, 6.45) is 1.30. The van der Waals surface area contributed by atoms with Gasteiger partial charge in [0.05, 0.1) is 27.2 Å². The molecule has 150 valence electrons. The van der Waals surface area contributed by atoms with Crippen molar-refractivity contribution >= 4 is 5.91 Å². The minimum absolute atomic E-state index is 0.0792. The molecule has 1 heterocycles. The lowest BCUT2D eigenvalue weighted by molar-refractivity contribution is -0.120. The van der Waals surface area contributed by atoms with E-state index in [0.29, 0.717) is 24.7 Å². The van der Waals surface area contributed by atoms with Crippen molar-refractivity contribution in [3.05, 3.63) is 47.0 Å². The quantitative estimate of drug-likeness (QED) is 0.755. The van der Waals surface area contributed by atoms with Crippen LogP contribution >= 0.6 is 0 Å². The maximum absolute atomic E-state index is 12.4. The molecule has 0 fully saturated rings. The van der Waals surface area contributed by atoms with Gasteiger partial charge < -0.3 is 24.3 Å². The Morgan fingerprint density at radius 1 is 1.14 bits per heavy atom. The third-order valence-corrected chi connectivity index (χ3v) is 4.67. The van der Waals surface area contributed by atoms with E-state index in [1.165, 1.54) is 0 Å². The first kappa shape index (κ1) is 19.9. The molecule has 1 N–H and O–H groups in total. The van der Waals surface area contributed by atoms with Gasteiger partial charge in [-0.1, -0.05) is 6.07 Å². The van der Waals surface area contributed by atoms with Crippen molar-refractivity contribution in [2.24, 2.45) is 0 Å². The van der Waals surface area contributed by atoms with E-state index in [1.54, 1.807) is 20.3 Å². The molecule has 3 rings (SSSR count). The Morgan fingerprint density at radius 2 is 1.93 bits per heavy atom. The molecule has 6 nitrogen and oxygen atoms in total. The standard InChI is InChI=1S/C22H27NO5/c1-5-27-19-11-16-8-14(2)28-20(16)12-17(19)13-23-22(24)10-15-6-7-18(25-3)21(9-15)26-4/h6-7,9,11-12,14H,5,8,10,13H2,1-4H3,(H,23,24)/t14-/m1/s1. The fourth-order valence-corrected chi connectivity index (χ4v) is 3.34. The van der Waals surface area contributed by atoms with Crippen LogP contribution in [0.25, 0.3) is 0 Å². The third kappa shape index (κ3) is 4.50. The number of fused-ring (bicyclic) bond motifs is 1. The van der Waals surface area contributed by atoms with E-state index in [2.05, 4.69) is 5.32 Å². The van der Waals surface area contributed by atoms with Crippen LogP contribution in [0.15, 0.2) is 30.3 Å². The first-order chi connectivity index (χ1) is 13.5. The third-order valence-electron chi connectivity index (χ3n) is 4.67. The van der Waals surface area contributed by atoms with E-state index < -0.39 is 0 Å². The molecule has 2 aromatic carbocycles. The maximum Gasteiger partial charge on any atom is 0.224 e. The molecule has 0 bridgehead atoms. The first-order valence-electron chi connectivity index (χ1n) is 9.46. The van der Waals surface area contributed by atoms with E-state index >= 15 is 0 Å². The van der Waals surface area contributed by atoms with Crippen molar-refractivity contribution in [3.63, 3.8) is 0 Å². The second-order valence-corrected chi connectivity index (χ2v) is 6.78. The van der Waals surface area contributed by atoms with Crippen molar-refractivity contribution < 1.29 is 23.7 Å². The highest BCUT2D eigenvalue weighted by molar-refractivity contribution is 5.79. The summed E-state index contributed by atoms with van der Waals surface area (Å²) in [5, 5.41) is 2.97. The van der Waals surface area contributed by atoms with Gasteiger partial charge in [0.15, 0.2) is 11.5 Å². The number of carbonyl (C=O) groups excluding carboxylic acids is 1. The zero-order valence-electron chi connectivity index (χ0n) is 16.8. The van der Waals surface area contributed by atoms with Crippen molar-refractivity contribution in [2.75, 3.05) is 20.8 Å². The molecule has 1 atom stereocenters. The highest BCUT2D eigenvalue weighted by atomic mass is 16.5. The molecule has 0 aromatic heterocycles. The van der Waals surface area contributed by atoms with Crippen LogP contribution in [0.4, 0.5) is 0 Å². The average molecular weight is 385 g/mol. The van der Waals surface area contributed by atoms with Crippen molar-refractivity contribution in [3.8, 4) is 23.0 Å². The molecule has 6 heteroatoms. The maximum atomic E-state index is 12.4. The number of amides is 1. The van der Waals surface area contributed by atoms with Gasteiger partial charge in [-0.05, 0) is 43.7 Å². The molecule has 0 saturated heterocycles. The molecule has 2 aromatic rings. The van der Waals surface area contributed by atoms with Gasteiger partial charge in [-0.15, -0.1) is 0 Å². The van der Waals surface area contributed by atoms with Gasteiger partial charge in [0, 0.05) is 24.1 Å². The summed E-state index contributed by atoms with van der Waals surface area (Å²) < 4.78 is 22.1. The second kappa shape index (κ2) is 8.87. The fraction of sp³-hybridized carbons (Fsp3) is 0.409. The molecule has 1 amide bonds. The molecule has 1 aliphatic rings. The fourth-order valence-electron chi connectivity index (χ4n) is 3.34. The number of methoxy groups -OCH3 is 2. The molecule has 0 aliphatic carbocycles. The number of benzene rings is 2. The SMILES string of the molecule is CCOc1cc2c(cc1CNC(=O)Cc1ccc(OC)c(OC)c1)O[C@H](C)C2. The number of rotatable bonds is 8. The smallest absolute Gasteiger partial charge is 0.224 e. The minimum atomic E-state index is -0.0792. The predicted molar refractivity (Wildman–Crippen MR) is 107 cm³/mol. The van der Waals surface area contributed by atoms with E-state index in [0.717, 1.165) is 34.6 Å². The summed E-state index contributed by atoms with van der Waals surface area (Å²) in [7, 11) is 3.16. The summed E-state index contributed by atoms with van der Waals surface area (Å²) >= 11 is 0. The predicted octanol–water partition coefficient (Wildman–Crippen LogP) is 3.28. The average Bonchev–Trinajstić information content (AvgIpc) is 3.05. The number of carbonyl (C=O) groups is 1. The van der Waals surface area contributed by atoms with Crippen molar-refractivity contribution in [1.29, 1.82) is 0 Å². The summed E-state index contributed by atoms with van der Waals surface area (Å²) in [6, 6.07) is 9.47. The summed E-state index contributed by atoms with van der Waals surface area (Å²) in [4.78, 5) is 12.4. The van der Waals surface area contributed by atoms with Crippen LogP contribution in [0.3, 0.4) is 0 Å². The molecule has 1 aliphatic heterocycles. The van der Waals surface area contributed by atoms with Gasteiger partial charge in [-0.3, -0.25) is 4.79 Å². The van der Waals surface area contributed by atoms with E-state index in [4.69, 9.17) is 18.9 Å². The van der Waals surface area contributed by atoms with Gasteiger partial charge in [0.1, 0.15) is 17.6 Å². The van der Waals surface area contributed by atoms with Gasteiger partial charge in [0.2, 0.25) is 5.91 Å². The van der Waals surface area contributed by atoms with E-state index in [-0.39, 0.29) is 18.4 Å². The van der Waals surface area contributed by atoms with E-state index in [9.17, 15) is 4.79 Å². The van der Waals surface area contributed by atoms with E-state index in [1.807, 2.05) is 38.1 Å². The zero-order chi connectivity index (χ0) is 20.1. The highest BCUT2D eigenvalue weighted by Gasteiger charge is 2.22. The molecular weight excluding hydrogens is 358 g/mol. The normalized spacial score (nSPS) is 14.8. The Kier molecular flexibility index (Phi) is 6.29. The number of hydrogen-bond acceptors (Lipinski definition) is 5. The molecular formula is C22H27NO5. The van der Waals surface area contributed by atoms with Crippen LogP contribution in [0, 0.1) is 0 Å². The molecule has 28 heavy (non-hydrogen) atoms. The number of ether oxygens (including phenoxy) is 4. The number of hydrogen-bond donors (Lipinski definition) is 1. The molecule has 0 radical (unpaired) electrons. The minimum Gasteiger partial charge on any atom is -0.494 e. The summed E-state index contributed by atoms with van der Waals surface area (Å²) in [5.74, 6) is 2.84. The monoisotopic (exact) mass is 385 g/mol. The summed E-state index contributed by atoms with van der Waals surface area (Å²) in [5.41, 5.74) is 2.91. The molecule has 0 spiro atoms. The van der Waals surface area contributed by atoms with Crippen molar-refractivity contribution in [2.45, 2.75) is 39.3 Å². The topological polar surface area (TPSA) is 66.0 Å². The van der Waals surface area contributed by atoms with Crippen molar-refractivity contribution in [1.82, 2.24) is 5.32 Å². The van der Waals surface area contributed by atoms with Crippen LogP contribution in [-0.4, -0.2) is 32.8 Å². The Morgan fingerprint density at radius 3 is 2.64 bits per heavy atom. The number of nitrogens with one attached hydrogen (secondary N) is 1. The molecule has 0 unspecified atom stereocenters. The zero-order valence-corrected chi connectivity index (χ0v) is 16.8. The Balaban J connectivity index is 1.67. The van der Waals surface area contributed by atoms with Crippen LogP contribution in [0.5, 0.6) is 23.0 Å². The Labute approximate surface area is 165 Å². The van der Waals surface area contributed by atoms with Gasteiger partial charge in [0.25, 0.3) is 0 Å². The largest absolute Gasteiger partial charge is 0.494 e. The van der Waals surface area contributed by atoms with Crippen LogP contribution < -0.4 is 24.3 Å². The first-order valence-corrected chi connectivity index (χ1v) is 9.46. The van der Waals surface area contributed by atoms with Gasteiger partial charge in [-0.25, -0.2) is 0 Å². The van der Waals surface area contributed by atoms with Crippen LogP contribution in [-0.2, 0) is 24.2 Å². The lowest BCUT2D eigenvalue weighted by Crippen LogP contribution is -2.25. The second-order valence-electron chi connectivity index (χ2n) is 6.78. The lowest BCUT2D eigenvalue weighted by atomic mass is 10.1. The lowest BCUT2D eigenvalue weighted by Gasteiger charge is -2.14. The Bertz CT molecular complexity index is 849. The van der Waals surface area contributed by atoms with Gasteiger partial charge >= 0.3 is 0 Å². The molecule has 0 saturated carbocycles. The van der Waals surface area contributed by atoms with Crippen LogP contribution in [0.2, 0.25) is 0 Å². The van der Waals surface area contributed by atoms with Gasteiger partial charge in [-0.2, -0.15) is 0 Å². The summed E-state index contributed by atoms with van der Waals surface area (Å²) in [6.45, 7) is 4.95. The van der Waals surface area contributed by atoms with Crippen LogP contribution in [0.1, 0.15) is 30.5 Å². The highest BCUT2D eigenvalue weighted by Crippen LogP contribution is 2.35.